The highest BCUT2D eigenvalue weighted by molar-refractivity contribution is 5.60. The van der Waals surface area contributed by atoms with Crippen LogP contribution >= 0.6 is 0 Å². The summed E-state index contributed by atoms with van der Waals surface area (Å²) in [6.07, 6.45) is 0. The van der Waals surface area contributed by atoms with Crippen molar-refractivity contribution in [1.82, 2.24) is 10.1 Å². The number of rotatable bonds is 6. The highest BCUT2D eigenvalue weighted by atomic mass is 19.1. The number of hydrogen-bond donors (Lipinski definition) is 1. The van der Waals surface area contributed by atoms with Gasteiger partial charge in [-0.2, -0.15) is 4.98 Å². The van der Waals surface area contributed by atoms with Crippen LogP contribution in [0.2, 0.25) is 0 Å². The van der Waals surface area contributed by atoms with E-state index in [2.05, 4.69) is 10.1 Å². The molecule has 0 unspecified atom stereocenters. The van der Waals surface area contributed by atoms with E-state index in [1.807, 2.05) is 24.3 Å². The third-order valence-electron chi connectivity index (χ3n) is 3.27. The molecule has 6 heteroatoms. The lowest BCUT2D eigenvalue weighted by molar-refractivity contribution is 0.273. The summed E-state index contributed by atoms with van der Waals surface area (Å²) in [5.41, 5.74) is 2.38. The molecule has 1 heterocycles. The first-order valence-corrected chi connectivity index (χ1v) is 7.13. The van der Waals surface area contributed by atoms with Crippen molar-refractivity contribution >= 4 is 0 Å². The van der Waals surface area contributed by atoms with Crippen LogP contribution in [0.4, 0.5) is 4.39 Å². The fourth-order valence-corrected chi connectivity index (χ4v) is 2.07. The molecule has 118 valence electrons. The maximum Gasteiger partial charge on any atom is 0.258 e. The van der Waals surface area contributed by atoms with Gasteiger partial charge in [-0.1, -0.05) is 29.4 Å². The van der Waals surface area contributed by atoms with E-state index >= 15 is 0 Å². The largest absolute Gasteiger partial charge is 0.491 e. The topological polar surface area (TPSA) is 68.4 Å². The maximum absolute atomic E-state index is 12.1. The molecule has 1 N–H and O–H groups in total. The third-order valence-corrected chi connectivity index (χ3v) is 3.27. The molecule has 0 bridgehead atoms. The first-order valence-electron chi connectivity index (χ1n) is 7.13. The van der Waals surface area contributed by atoms with Gasteiger partial charge in [0, 0.05) is 11.1 Å². The van der Waals surface area contributed by atoms with Crippen molar-refractivity contribution in [3.05, 3.63) is 54.1 Å². The van der Waals surface area contributed by atoms with Gasteiger partial charge in [-0.05, 0) is 29.8 Å². The van der Waals surface area contributed by atoms with Crippen LogP contribution in [-0.2, 0) is 6.61 Å². The lowest BCUT2D eigenvalue weighted by atomic mass is 10.1. The molecule has 0 spiro atoms. The summed E-state index contributed by atoms with van der Waals surface area (Å²) in [5.74, 6) is 1.45. The molecule has 3 aromatic rings. The Morgan fingerprint density at radius 1 is 1.00 bits per heavy atom. The minimum absolute atomic E-state index is 0.00536. The van der Waals surface area contributed by atoms with Gasteiger partial charge >= 0.3 is 0 Å². The quantitative estimate of drug-likeness (QED) is 0.756. The van der Waals surface area contributed by atoms with E-state index in [9.17, 15) is 4.39 Å². The average molecular weight is 314 g/mol. The predicted octanol–water partition coefficient (Wildman–Crippen LogP) is 3.24. The number of alkyl halides is 1. The first kappa shape index (κ1) is 15.2. The van der Waals surface area contributed by atoms with Gasteiger partial charge in [0.1, 0.15) is 19.0 Å². The molecule has 3 rings (SSSR count). The highest BCUT2D eigenvalue weighted by Crippen LogP contribution is 2.24. The Bertz CT molecular complexity index is 754. The van der Waals surface area contributed by atoms with Gasteiger partial charge in [-0.3, -0.25) is 0 Å². The molecule has 0 atom stereocenters. The molecule has 5 nitrogen and oxygen atoms in total. The van der Waals surface area contributed by atoms with Crippen molar-refractivity contribution < 1.29 is 18.8 Å². The van der Waals surface area contributed by atoms with E-state index in [0.29, 0.717) is 17.5 Å². The van der Waals surface area contributed by atoms with E-state index in [-0.39, 0.29) is 13.2 Å². The normalized spacial score (nSPS) is 10.7. The minimum atomic E-state index is -0.524. The SMILES string of the molecule is OCc1ccc(-c2noc(-c3ccc(OCCF)cc3)n2)cc1. The summed E-state index contributed by atoms with van der Waals surface area (Å²) in [5, 5.41) is 13.0. The number of hydrogen-bond acceptors (Lipinski definition) is 5. The summed E-state index contributed by atoms with van der Waals surface area (Å²) in [6.45, 7) is -0.494. The average Bonchev–Trinajstić information content (AvgIpc) is 3.10. The van der Waals surface area contributed by atoms with Gasteiger partial charge in [0.2, 0.25) is 5.82 Å². The number of aliphatic hydroxyl groups is 1. The molecular weight excluding hydrogens is 299 g/mol. The standard InChI is InChI=1S/C17H15FN2O3/c18-9-10-22-15-7-5-14(6-8-15)17-19-16(20-23-17)13-3-1-12(11-21)2-4-13/h1-8,21H,9-11H2. The molecule has 0 saturated heterocycles. The summed E-state index contributed by atoms with van der Waals surface area (Å²) in [4.78, 5) is 4.36. The van der Waals surface area contributed by atoms with Crippen LogP contribution in [0.1, 0.15) is 5.56 Å². The summed E-state index contributed by atoms with van der Waals surface area (Å²) in [7, 11) is 0. The van der Waals surface area contributed by atoms with Gasteiger partial charge in [0.15, 0.2) is 0 Å². The lowest BCUT2D eigenvalue weighted by Crippen LogP contribution is -1.98. The zero-order valence-electron chi connectivity index (χ0n) is 12.3. The summed E-state index contributed by atoms with van der Waals surface area (Å²) >= 11 is 0. The van der Waals surface area contributed by atoms with Crippen LogP contribution in [0.5, 0.6) is 5.75 Å². The van der Waals surface area contributed by atoms with Crippen LogP contribution in [0.3, 0.4) is 0 Å². The van der Waals surface area contributed by atoms with Crippen LogP contribution in [-0.4, -0.2) is 28.5 Å². The van der Waals surface area contributed by atoms with Crippen molar-refractivity contribution in [3.8, 4) is 28.6 Å². The zero-order valence-corrected chi connectivity index (χ0v) is 12.3. The highest BCUT2D eigenvalue weighted by Gasteiger charge is 2.10. The second kappa shape index (κ2) is 7.02. The number of aliphatic hydroxyl groups excluding tert-OH is 1. The smallest absolute Gasteiger partial charge is 0.258 e. The molecular formula is C17H15FN2O3. The molecule has 23 heavy (non-hydrogen) atoms. The molecule has 0 amide bonds. The van der Waals surface area contributed by atoms with Crippen LogP contribution in [0.15, 0.2) is 53.1 Å². The summed E-state index contributed by atoms with van der Waals surface area (Å²) < 4.78 is 22.5. The van der Waals surface area contributed by atoms with E-state index in [1.165, 1.54) is 0 Å². The van der Waals surface area contributed by atoms with E-state index < -0.39 is 6.67 Å². The number of halogens is 1. The van der Waals surface area contributed by atoms with Crippen LogP contribution in [0.25, 0.3) is 22.8 Å². The predicted molar refractivity (Wildman–Crippen MR) is 82.6 cm³/mol. The molecule has 0 aliphatic heterocycles. The Kier molecular flexibility index (Phi) is 4.63. The first-order chi connectivity index (χ1) is 11.3. The number of aromatic nitrogens is 2. The van der Waals surface area contributed by atoms with Crippen molar-refractivity contribution in [2.24, 2.45) is 0 Å². The Balaban J connectivity index is 1.78. The second-order valence-corrected chi connectivity index (χ2v) is 4.84. The van der Waals surface area contributed by atoms with Gasteiger partial charge in [0.25, 0.3) is 5.89 Å². The lowest BCUT2D eigenvalue weighted by Gasteiger charge is -2.03. The maximum atomic E-state index is 12.1. The van der Waals surface area contributed by atoms with Gasteiger partial charge in [0.05, 0.1) is 6.61 Å². The third kappa shape index (κ3) is 3.54. The number of benzene rings is 2. The van der Waals surface area contributed by atoms with Crippen molar-refractivity contribution in [2.75, 3.05) is 13.3 Å². The van der Waals surface area contributed by atoms with Crippen molar-refractivity contribution in [2.45, 2.75) is 6.61 Å². The van der Waals surface area contributed by atoms with Gasteiger partial charge < -0.3 is 14.4 Å². The van der Waals surface area contributed by atoms with E-state index in [4.69, 9.17) is 14.4 Å². The van der Waals surface area contributed by atoms with E-state index in [1.54, 1.807) is 24.3 Å². The van der Waals surface area contributed by atoms with E-state index in [0.717, 1.165) is 16.7 Å². The second-order valence-electron chi connectivity index (χ2n) is 4.84. The molecule has 0 saturated carbocycles. The van der Waals surface area contributed by atoms with Gasteiger partial charge in [-0.15, -0.1) is 0 Å². The number of nitrogens with zero attached hydrogens (tertiary/aromatic N) is 2. The van der Waals surface area contributed by atoms with Gasteiger partial charge in [-0.25, -0.2) is 4.39 Å². The molecule has 0 aliphatic carbocycles. The Morgan fingerprint density at radius 3 is 2.35 bits per heavy atom. The fourth-order valence-electron chi connectivity index (χ4n) is 2.07. The van der Waals surface area contributed by atoms with Crippen LogP contribution in [0, 0.1) is 0 Å². The molecule has 0 radical (unpaired) electrons. The van der Waals surface area contributed by atoms with Crippen molar-refractivity contribution in [3.63, 3.8) is 0 Å². The molecule has 0 fully saturated rings. The fraction of sp³-hybridized carbons (Fsp3) is 0.176. The molecule has 2 aromatic carbocycles. The molecule has 0 aliphatic rings. The molecule has 1 aromatic heterocycles. The monoisotopic (exact) mass is 314 g/mol. The van der Waals surface area contributed by atoms with Crippen LogP contribution < -0.4 is 4.74 Å². The van der Waals surface area contributed by atoms with Crippen molar-refractivity contribution in [1.29, 1.82) is 0 Å². The minimum Gasteiger partial charge on any atom is -0.491 e. The zero-order chi connectivity index (χ0) is 16.1. The Hall–Kier alpha value is -2.73. The number of ether oxygens (including phenoxy) is 1. The Morgan fingerprint density at radius 2 is 1.70 bits per heavy atom. The summed E-state index contributed by atoms with van der Waals surface area (Å²) in [6, 6.07) is 14.3. The Labute approximate surface area is 132 Å².